The fraction of sp³-hybridized carbons (Fsp3) is 0.533. The molecule has 1 amide bonds. The van der Waals surface area contributed by atoms with Crippen molar-refractivity contribution in [3.05, 3.63) is 29.3 Å². The van der Waals surface area contributed by atoms with Crippen LogP contribution in [0.5, 0.6) is 5.75 Å². The lowest BCUT2D eigenvalue weighted by atomic mass is 10.1. The van der Waals surface area contributed by atoms with Gasteiger partial charge >= 0.3 is 0 Å². The predicted octanol–water partition coefficient (Wildman–Crippen LogP) is 2.57. The molecule has 0 aliphatic carbocycles. The van der Waals surface area contributed by atoms with Crippen LogP contribution < -0.4 is 10.1 Å². The molecule has 0 saturated carbocycles. The number of hydrogen-bond donors (Lipinski definition) is 1. The molecule has 0 aliphatic heterocycles. The maximum absolute atomic E-state index is 12.0. The molecule has 1 aromatic rings. The zero-order chi connectivity index (χ0) is 14.6. The second-order valence-corrected chi connectivity index (χ2v) is 5.75. The van der Waals surface area contributed by atoms with E-state index in [4.69, 9.17) is 9.47 Å². The third kappa shape index (κ3) is 5.30. The van der Waals surface area contributed by atoms with Gasteiger partial charge in [0.05, 0.1) is 0 Å². The molecule has 1 unspecified atom stereocenters. The quantitative estimate of drug-likeness (QED) is 0.851. The fourth-order valence-corrected chi connectivity index (χ4v) is 1.76. The molecule has 1 atom stereocenters. The number of hydrogen-bond acceptors (Lipinski definition) is 3. The molecule has 0 aromatic heterocycles. The van der Waals surface area contributed by atoms with Crippen molar-refractivity contribution in [3.63, 3.8) is 0 Å². The minimum Gasteiger partial charge on any atom is -0.455 e. The number of methoxy groups -OCH3 is 1. The molecule has 1 rings (SSSR count). The van der Waals surface area contributed by atoms with Gasteiger partial charge in [-0.15, -0.1) is 0 Å². The van der Waals surface area contributed by atoms with Crippen molar-refractivity contribution in [1.82, 2.24) is 5.32 Å². The van der Waals surface area contributed by atoms with Gasteiger partial charge in [-0.1, -0.05) is 6.07 Å². The van der Waals surface area contributed by atoms with Crippen LogP contribution in [0.3, 0.4) is 0 Å². The minimum absolute atomic E-state index is 0.283. The smallest absolute Gasteiger partial charge is 0.290 e. The Kier molecular flexibility index (Phi) is 4.95. The Morgan fingerprint density at radius 2 is 1.68 bits per heavy atom. The van der Waals surface area contributed by atoms with Gasteiger partial charge in [-0.05, 0) is 57.9 Å². The summed E-state index contributed by atoms with van der Waals surface area (Å²) in [6.45, 7) is 9.70. The largest absolute Gasteiger partial charge is 0.455 e. The molecule has 4 nitrogen and oxygen atoms in total. The van der Waals surface area contributed by atoms with Gasteiger partial charge in [0.25, 0.3) is 12.2 Å². The van der Waals surface area contributed by atoms with E-state index in [1.165, 1.54) is 7.11 Å². The Hall–Kier alpha value is -1.55. The van der Waals surface area contributed by atoms with E-state index in [-0.39, 0.29) is 11.4 Å². The van der Waals surface area contributed by atoms with Crippen molar-refractivity contribution in [1.29, 1.82) is 0 Å². The maximum atomic E-state index is 12.0. The average Bonchev–Trinajstić information content (AvgIpc) is 2.21. The van der Waals surface area contributed by atoms with Crippen LogP contribution in [0.1, 0.15) is 31.9 Å². The summed E-state index contributed by atoms with van der Waals surface area (Å²) in [5.74, 6) is 0.350. The van der Waals surface area contributed by atoms with E-state index in [0.29, 0.717) is 5.75 Å². The lowest BCUT2D eigenvalue weighted by Gasteiger charge is -2.24. The van der Waals surface area contributed by atoms with Crippen LogP contribution in [0.15, 0.2) is 18.2 Å². The van der Waals surface area contributed by atoms with E-state index in [1.807, 2.05) is 52.8 Å². The number of aryl methyl sites for hydroxylation is 2. The number of ether oxygens (including phenoxy) is 2. The van der Waals surface area contributed by atoms with Gasteiger partial charge < -0.3 is 14.8 Å². The standard InChI is InChI=1S/C15H23NO3/c1-10-7-11(2)9-12(8-10)19-14(18-6)13(17)16-15(3,4)5/h7-9,14H,1-6H3,(H,16,17). The highest BCUT2D eigenvalue weighted by Gasteiger charge is 2.24. The van der Waals surface area contributed by atoms with Crippen LogP contribution in [-0.4, -0.2) is 24.8 Å². The highest BCUT2D eigenvalue weighted by molar-refractivity contribution is 5.80. The number of carbonyl (C=O) groups is 1. The summed E-state index contributed by atoms with van der Waals surface area (Å²) in [4.78, 5) is 12.0. The summed E-state index contributed by atoms with van der Waals surface area (Å²) in [6.07, 6.45) is -0.944. The first kappa shape index (κ1) is 15.5. The molecular formula is C15H23NO3. The van der Waals surface area contributed by atoms with Crippen LogP contribution in [0.2, 0.25) is 0 Å². The van der Waals surface area contributed by atoms with Crippen molar-refractivity contribution < 1.29 is 14.3 Å². The van der Waals surface area contributed by atoms with Gasteiger partial charge in [0.2, 0.25) is 0 Å². The number of benzene rings is 1. The first-order valence-corrected chi connectivity index (χ1v) is 6.31. The Bertz CT molecular complexity index is 429. The third-order valence-electron chi connectivity index (χ3n) is 2.36. The summed E-state index contributed by atoms with van der Waals surface area (Å²) in [6, 6.07) is 5.80. The van der Waals surface area contributed by atoms with E-state index >= 15 is 0 Å². The third-order valence-corrected chi connectivity index (χ3v) is 2.36. The van der Waals surface area contributed by atoms with E-state index < -0.39 is 6.29 Å². The summed E-state index contributed by atoms with van der Waals surface area (Å²) in [5, 5.41) is 2.83. The van der Waals surface area contributed by atoms with Crippen molar-refractivity contribution in [3.8, 4) is 5.75 Å². The summed E-state index contributed by atoms with van der Waals surface area (Å²) in [5.41, 5.74) is 1.85. The van der Waals surface area contributed by atoms with Gasteiger partial charge in [-0.3, -0.25) is 4.79 Å². The second kappa shape index (κ2) is 6.06. The summed E-state index contributed by atoms with van der Waals surface area (Å²) >= 11 is 0. The number of amides is 1. The lowest BCUT2D eigenvalue weighted by Crippen LogP contribution is -2.48. The molecule has 0 bridgehead atoms. The number of carbonyl (C=O) groups excluding carboxylic acids is 1. The van der Waals surface area contributed by atoms with Gasteiger partial charge in [0.1, 0.15) is 5.75 Å². The zero-order valence-corrected chi connectivity index (χ0v) is 12.5. The Morgan fingerprint density at radius 3 is 2.11 bits per heavy atom. The molecule has 0 saturated heterocycles. The molecule has 1 N–H and O–H groups in total. The average molecular weight is 265 g/mol. The van der Waals surface area contributed by atoms with E-state index in [0.717, 1.165) is 11.1 Å². The van der Waals surface area contributed by atoms with Crippen LogP contribution >= 0.6 is 0 Å². The Morgan fingerprint density at radius 1 is 1.16 bits per heavy atom. The first-order valence-electron chi connectivity index (χ1n) is 6.31. The normalized spacial score (nSPS) is 12.9. The van der Waals surface area contributed by atoms with Gasteiger partial charge in [-0.25, -0.2) is 0 Å². The van der Waals surface area contributed by atoms with E-state index in [1.54, 1.807) is 0 Å². The van der Waals surface area contributed by atoms with Crippen molar-refractivity contribution in [2.45, 2.75) is 46.4 Å². The Labute approximate surface area is 115 Å². The monoisotopic (exact) mass is 265 g/mol. The second-order valence-electron chi connectivity index (χ2n) is 5.75. The Balaban J connectivity index is 2.79. The van der Waals surface area contributed by atoms with E-state index in [9.17, 15) is 4.79 Å². The van der Waals surface area contributed by atoms with Crippen LogP contribution in [0.25, 0.3) is 0 Å². The molecule has 1 aromatic carbocycles. The molecule has 0 fully saturated rings. The first-order chi connectivity index (χ1) is 8.71. The molecule has 0 spiro atoms. The zero-order valence-electron chi connectivity index (χ0n) is 12.5. The van der Waals surface area contributed by atoms with Crippen molar-refractivity contribution in [2.75, 3.05) is 7.11 Å². The van der Waals surface area contributed by atoms with Crippen LogP contribution in [0.4, 0.5) is 0 Å². The highest BCUT2D eigenvalue weighted by Crippen LogP contribution is 2.18. The highest BCUT2D eigenvalue weighted by atomic mass is 16.7. The number of nitrogens with one attached hydrogen (secondary N) is 1. The van der Waals surface area contributed by atoms with Gasteiger partial charge in [0, 0.05) is 12.6 Å². The summed E-state index contributed by atoms with van der Waals surface area (Å²) < 4.78 is 10.7. The number of rotatable bonds is 4. The minimum atomic E-state index is -0.944. The molecule has 19 heavy (non-hydrogen) atoms. The lowest BCUT2D eigenvalue weighted by molar-refractivity contribution is -0.149. The van der Waals surface area contributed by atoms with Crippen molar-refractivity contribution in [2.24, 2.45) is 0 Å². The van der Waals surface area contributed by atoms with Gasteiger partial charge in [0.15, 0.2) is 0 Å². The summed E-state index contributed by atoms with van der Waals surface area (Å²) in [7, 11) is 1.45. The SMILES string of the molecule is COC(Oc1cc(C)cc(C)c1)C(=O)NC(C)(C)C. The van der Waals surface area contributed by atoms with E-state index in [2.05, 4.69) is 5.32 Å². The van der Waals surface area contributed by atoms with Crippen LogP contribution in [-0.2, 0) is 9.53 Å². The molecule has 0 radical (unpaired) electrons. The van der Waals surface area contributed by atoms with Crippen molar-refractivity contribution >= 4 is 5.91 Å². The van der Waals surface area contributed by atoms with Crippen LogP contribution in [0, 0.1) is 13.8 Å². The molecule has 4 heteroatoms. The molecule has 0 aliphatic rings. The topological polar surface area (TPSA) is 47.6 Å². The molecule has 106 valence electrons. The fourth-order valence-electron chi connectivity index (χ4n) is 1.76. The van der Waals surface area contributed by atoms with Gasteiger partial charge in [-0.2, -0.15) is 0 Å². The molecular weight excluding hydrogens is 242 g/mol. The molecule has 0 heterocycles. The predicted molar refractivity (Wildman–Crippen MR) is 75.2 cm³/mol. The maximum Gasteiger partial charge on any atom is 0.290 e.